The van der Waals surface area contributed by atoms with Crippen LogP contribution in [-0.2, 0) is 13.7 Å². The van der Waals surface area contributed by atoms with Gasteiger partial charge in [0.05, 0.1) is 23.3 Å². The Morgan fingerprint density at radius 1 is 1.41 bits per heavy atom. The number of carbonyl (C=O) groups is 1. The number of benzene rings is 1. The normalized spacial score (nSPS) is 12.3. The molecule has 0 fully saturated rings. The summed E-state index contributed by atoms with van der Waals surface area (Å²) in [6, 6.07) is 4.93. The van der Waals surface area contributed by atoms with Crippen LogP contribution in [0.3, 0.4) is 0 Å². The molecule has 1 N–H and O–H groups in total. The largest absolute Gasteiger partial charge is 0.459 e. The van der Waals surface area contributed by atoms with Gasteiger partial charge in [0.1, 0.15) is 0 Å². The van der Waals surface area contributed by atoms with Crippen molar-refractivity contribution in [3.63, 3.8) is 0 Å². The van der Waals surface area contributed by atoms with Gasteiger partial charge in [0.2, 0.25) is 6.41 Å². The molecule has 0 aliphatic carbocycles. The fraction of sp³-hybridized carbons (Fsp3) is 0.533. The number of thiol groups is 1. The summed E-state index contributed by atoms with van der Waals surface area (Å²) in [7, 11) is 0. The minimum Gasteiger partial charge on any atom is -0.459 e. The number of anilines is 1. The first kappa shape index (κ1) is 19.1. The molecule has 22 heavy (non-hydrogen) atoms. The quantitative estimate of drug-likeness (QED) is 0.229. The number of nitrogens with one attached hydrogen (secondary N) is 1. The number of unbranched alkanes of at least 4 members (excludes halogenated alkanes) is 1. The van der Waals surface area contributed by atoms with Crippen LogP contribution in [-0.4, -0.2) is 25.1 Å². The maximum absolute atomic E-state index is 12.0. The third-order valence-electron chi connectivity index (χ3n) is 2.68. The first-order chi connectivity index (χ1) is 10.5. The van der Waals surface area contributed by atoms with Crippen LogP contribution in [0.15, 0.2) is 18.2 Å². The van der Waals surface area contributed by atoms with Gasteiger partial charge in [0.25, 0.3) is 0 Å². The number of hydrogen-bond acceptors (Lipinski definition) is 6. The molecule has 0 aliphatic rings. The molecule has 0 heterocycles. The van der Waals surface area contributed by atoms with Crippen molar-refractivity contribution < 1.29 is 18.5 Å². The zero-order valence-corrected chi connectivity index (χ0v) is 14.6. The van der Waals surface area contributed by atoms with E-state index in [1.165, 1.54) is 0 Å². The lowest BCUT2D eigenvalue weighted by Gasteiger charge is -2.18. The van der Waals surface area contributed by atoms with Gasteiger partial charge in [-0.1, -0.05) is 24.9 Å². The monoisotopic (exact) mass is 347 g/mol. The van der Waals surface area contributed by atoms with E-state index in [4.69, 9.17) is 25.3 Å². The van der Waals surface area contributed by atoms with E-state index in [-0.39, 0.29) is 11.7 Å². The summed E-state index contributed by atoms with van der Waals surface area (Å²) in [6.45, 7) is 6.17. The number of rotatable bonds is 9. The fourth-order valence-electron chi connectivity index (χ4n) is 1.62. The molecular weight excluding hydrogens is 326 g/mol. The molecule has 1 unspecified atom stereocenters. The standard InChI is InChI=1S/C15H22ClNO4S/c1-4-5-8-19-15(21-22)17-11-6-7-13(16)12(9-11)14(18)20-10(2)3/h6-7,9-10,15,17,22H,4-5,8H2,1-3H3. The minimum atomic E-state index is -0.718. The van der Waals surface area contributed by atoms with Crippen LogP contribution in [0.4, 0.5) is 5.69 Å². The lowest BCUT2D eigenvalue weighted by atomic mass is 10.2. The summed E-state index contributed by atoms with van der Waals surface area (Å²) < 4.78 is 15.5. The smallest absolute Gasteiger partial charge is 0.339 e. The van der Waals surface area contributed by atoms with E-state index in [0.29, 0.717) is 17.3 Å². The highest BCUT2D eigenvalue weighted by atomic mass is 35.5. The molecule has 0 saturated carbocycles. The van der Waals surface area contributed by atoms with Gasteiger partial charge in [-0.3, -0.25) is 4.18 Å². The first-order valence-electron chi connectivity index (χ1n) is 7.16. The molecule has 1 atom stereocenters. The third-order valence-corrected chi connectivity index (χ3v) is 3.20. The Hall–Kier alpha value is -0.950. The van der Waals surface area contributed by atoms with Crippen molar-refractivity contribution in [2.75, 3.05) is 11.9 Å². The van der Waals surface area contributed by atoms with Crippen molar-refractivity contribution in [3.05, 3.63) is 28.8 Å². The second-order valence-electron chi connectivity index (χ2n) is 4.95. The maximum Gasteiger partial charge on any atom is 0.339 e. The van der Waals surface area contributed by atoms with Gasteiger partial charge >= 0.3 is 5.97 Å². The SMILES string of the molecule is CCCCOC(Nc1ccc(Cl)c(C(=O)OC(C)C)c1)OS. The van der Waals surface area contributed by atoms with Crippen molar-refractivity contribution in [3.8, 4) is 0 Å². The van der Waals surface area contributed by atoms with Crippen molar-refractivity contribution in [1.82, 2.24) is 0 Å². The summed E-state index contributed by atoms with van der Waals surface area (Å²) in [5, 5.41) is 3.30. The predicted octanol–water partition coefficient (Wildman–Crippen LogP) is 4.28. The molecule has 1 rings (SSSR count). The number of esters is 1. The zero-order chi connectivity index (χ0) is 16.5. The van der Waals surface area contributed by atoms with Crippen molar-refractivity contribution in [1.29, 1.82) is 0 Å². The molecule has 1 aromatic rings. The lowest BCUT2D eigenvalue weighted by molar-refractivity contribution is -0.0476. The van der Waals surface area contributed by atoms with Gasteiger partial charge in [-0.15, -0.1) is 0 Å². The van der Waals surface area contributed by atoms with Gasteiger partial charge in [0, 0.05) is 5.69 Å². The van der Waals surface area contributed by atoms with Crippen molar-refractivity contribution >= 4 is 36.2 Å². The predicted molar refractivity (Wildman–Crippen MR) is 90.3 cm³/mol. The molecule has 5 nitrogen and oxygen atoms in total. The molecule has 0 aliphatic heterocycles. The Morgan fingerprint density at radius 3 is 2.73 bits per heavy atom. The van der Waals surface area contributed by atoms with Crippen LogP contribution in [0.2, 0.25) is 5.02 Å². The first-order valence-corrected chi connectivity index (χ1v) is 7.91. The maximum atomic E-state index is 12.0. The van der Waals surface area contributed by atoms with Gasteiger partial charge in [-0.2, -0.15) is 0 Å². The second-order valence-corrected chi connectivity index (χ2v) is 5.57. The molecule has 0 aromatic heterocycles. The zero-order valence-electron chi connectivity index (χ0n) is 13.0. The Bertz CT molecular complexity index is 485. The van der Waals surface area contributed by atoms with Crippen molar-refractivity contribution in [2.24, 2.45) is 0 Å². The van der Waals surface area contributed by atoms with E-state index >= 15 is 0 Å². The molecule has 0 amide bonds. The highest BCUT2D eigenvalue weighted by Gasteiger charge is 2.16. The summed E-state index contributed by atoms with van der Waals surface area (Å²) in [4.78, 5) is 12.0. The van der Waals surface area contributed by atoms with Crippen LogP contribution < -0.4 is 5.32 Å². The van der Waals surface area contributed by atoms with E-state index in [1.807, 2.05) is 0 Å². The van der Waals surface area contributed by atoms with Crippen LogP contribution in [0.1, 0.15) is 44.0 Å². The number of ether oxygens (including phenoxy) is 2. The molecule has 0 radical (unpaired) electrons. The van der Waals surface area contributed by atoms with Gasteiger partial charge in [-0.25, -0.2) is 4.79 Å². The molecule has 7 heteroatoms. The van der Waals surface area contributed by atoms with E-state index in [1.54, 1.807) is 32.0 Å². The average molecular weight is 348 g/mol. The van der Waals surface area contributed by atoms with Crippen LogP contribution in [0.5, 0.6) is 0 Å². The van der Waals surface area contributed by atoms with E-state index in [9.17, 15) is 4.79 Å². The summed E-state index contributed by atoms with van der Waals surface area (Å²) in [5.74, 6) is -0.473. The van der Waals surface area contributed by atoms with E-state index in [0.717, 1.165) is 12.8 Å². The van der Waals surface area contributed by atoms with Crippen LogP contribution in [0.25, 0.3) is 0 Å². The summed E-state index contributed by atoms with van der Waals surface area (Å²) in [5.41, 5.74) is 0.905. The van der Waals surface area contributed by atoms with Crippen LogP contribution >= 0.6 is 24.5 Å². The molecule has 0 saturated heterocycles. The Labute approximate surface area is 141 Å². The third kappa shape index (κ3) is 6.44. The average Bonchev–Trinajstić information content (AvgIpc) is 2.47. The second kappa shape index (κ2) is 9.94. The Morgan fingerprint density at radius 2 is 2.14 bits per heavy atom. The number of hydrogen-bond donors (Lipinski definition) is 2. The highest BCUT2D eigenvalue weighted by Crippen LogP contribution is 2.23. The topological polar surface area (TPSA) is 56.8 Å². The lowest BCUT2D eigenvalue weighted by Crippen LogP contribution is -2.24. The summed E-state index contributed by atoms with van der Waals surface area (Å²) in [6.07, 6.45) is 1.00. The molecular formula is C15H22ClNO4S. The van der Waals surface area contributed by atoms with Gasteiger partial charge in [0.15, 0.2) is 0 Å². The van der Waals surface area contributed by atoms with Gasteiger partial charge in [-0.05, 0) is 51.4 Å². The number of carbonyl (C=O) groups excluding carboxylic acids is 1. The summed E-state index contributed by atoms with van der Waals surface area (Å²) >= 11 is 9.82. The van der Waals surface area contributed by atoms with Crippen molar-refractivity contribution in [2.45, 2.75) is 46.1 Å². The highest BCUT2D eigenvalue weighted by molar-refractivity contribution is 7.75. The van der Waals surface area contributed by atoms with E-state index < -0.39 is 12.4 Å². The minimum absolute atomic E-state index is 0.217. The molecule has 0 bridgehead atoms. The van der Waals surface area contributed by atoms with Gasteiger partial charge < -0.3 is 14.8 Å². The molecule has 124 valence electrons. The number of halogens is 1. The Kier molecular flexibility index (Phi) is 8.63. The molecule has 1 aromatic carbocycles. The molecule has 0 spiro atoms. The fourth-order valence-corrected chi connectivity index (χ4v) is 1.93. The Balaban J connectivity index is 2.76. The van der Waals surface area contributed by atoms with Crippen LogP contribution in [0, 0.1) is 0 Å². The van der Waals surface area contributed by atoms with E-state index in [2.05, 4.69) is 25.2 Å².